The SMILES string of the molecule is C=C(/C=C(\C=NC)c1cnc2n[nH]c(-c3nc4c(-c5cccc(Cl)c5)cccc4[nH]3)c2c1)NC(=O)C(C)C. The zero-order valence-corrected chi connectivity index (χ0v) is 22.0. The fourth-order valence-electron chi connectivity index (χ4n) is 4.14. The number of hydrogen-bond donors (Lipinski definition) is 3. The first-order valence-corrected chi connectivity index (χ1v) is 12.4. The van der Waals surface area contributed by atoms with Crippen molar-refractivity contribution in [1.29, 1.82) is 0 Å². The van der Waals surface area contributed by atoms with E-state index in [1.807, 2.05) is 62.4 Å². The molecule has 0 fully saturated rings. The molecule has 8 nitrogen and oxygen atoms in total. The molecule has 3 aromatic heterocycles. The maximum Gasteiger partial charge on any atom is 0.226 e. The standard InChI is InChI=1S/C29H26ClN7O/c1-16(2)29(38)33-17(3)11-19(14-31-4)20-13-23-26(36-37-27(23)32-15-20)28-34-24-10-6-9-22(25(24)35-28)18-7-5-8-21(30)12-18/h5-16H,3H2,1-2,4H3,(H,33,38)(H,34,35)(H,32,36,37)/b19-11+,31-14?. The molecule has 2 aromatic carbocycles. The number of aromatic nitrogens is 5. The lowest BCUT2D eigenvalue weighted by Gasteiger charge is -2.09. The van der Waals surface area contributed by atoms with Gasteiger partial charge in [-0.25, -0.2) is 9.97 Å². The van der Waals surface area contributed by atoms with Gasteiger partial charge in [0.25, 0.3) is 0 Å². The topological polar surface area (TPSA) is 112 Å². The zero-order valence-electron chi connectivity index (χ0n) is 21.2. The fourth-order valence-corrected chi connectivity index (χ4v) is 4.33. The summed E-state index contributed by atoms with van der Waals surface area (Å²) >= 11 is 6.24. The van der Waals surface area contributed by atoms with Crippen molar-refractivity contribution >= 4 is 51.4 Å². The number of aromatic amines is 2. The van der Waals surface area contributed by atoms with Crippen LogP contribution in [0, 0.1) is 5.92 Å². The van der Waals surface area contributed by atoms with E-state index >= 15 is 0 Å². The largest absolute Gasteiger partial charge is 0.337 e. The summed E-state index contributed by atoms with van der Waals surface area (Å²) in [7, 11) is 1.68. The molecule has 0 radical (unpaired) electrons. The highest BCUT2D eigenvalue weighted by Gasteiger charge is 2.16. The van der Waals surface area contributed by atoms with Crippen LogP contribution in [0.15, 0.2) is 78.1 Å². The number of nitrogens with one attached hydrogen (secondary N) is 3. The number of pyridine rings is 1. The van der Waals surface area contributed by atoms with E-state index in [9.17, 15) is 4.79 Å². The van der Waals surface area contributed by atoms with Crippen LogP contribution >= 0.6 is 11.6 Å². The Kier molecular flexibility index (Phi) is 6.89. The first-order chi connectivity index (χ1) is 18.3. The minimum absolute atomic E-state index is 0.105. The van der Waals surface area contributed by atoms with Crippen molar-refractivity contribution in [2.45, 2.75) is 13.8 Å². The quantitative estimate of drug-likeness (QED) is 0.174. The van der Waals surface area contributed by atoms with Crippen molar-refractivity contribution in [2.24, 2.45) is 10.9 Å². The van der Waals surface area contributed by atoms with Crippen molar-refractivity contribution in [3.05, 3.63) is 83.7 Å². The number of H-pyrrole nitrogens is 2. The van der Waals surface area contributed by atoms with Crippen molar-refractivity contribution < 1.29 is 4.79 Å². The average Bonchev–Trinajstić information content (AvgIpc) is 3.51. The first-order valence-electron chi connectivity index (χ1n) is 12.1. The summed E-state index contributed by atoms with van der Waals surface area (Å²) in [5, 5.41) is 11.7. The van der Waals surface area contributed by atoms with Crippen LogP contribution in [0.3, 0.4) is 0 Å². The highest BCUT2D eigenvalue weighted by atomic mass is 35.5. The van der Waals surface area contributed by atoms with Crippen LogP contribution in [-0.2, 0) is 4.79 Å². The van der Waals surface area contributed by atoms with Gasteiger partial charge in [-0.15, -0.1) is 0 Å². The average molecular weight is 524 g/mol. The summed E-state index contributed by atoms with van der Waals surface area (Å²) in [6, 6.07) is 15.7. The number of fused-ring (bicyclic) bond motifs is 2. The van der Waals surface area contributed by atoms with E-state index in [1.54, 1.807) is 25.5 Å². The second kappa shape index (κ2) is 10.4. The van der Waals surface area contributed by atoms with Gasteiger partial charge in [-0.2, -0.15) is 5.10 Å². The number of nitrogens with zero attached hydrogens (tertiary/aromatic N) is 4. The first kappa shape index (κ1) is 25.1. The molecule has 38 heavy (non-hydrogen) atoms. The molecule has 1 amide bonds. The number of aliphatic imine (C=N–C) groups is 1. The summed E-state index contributed by atoms with van der Waals surface area (Å²) in [5.74, 6) is 0.379. The van der Waals surface area contributed by atoms with Gasteiger partial charge in [-0.3, -0.25) is 14.9 Å². The Morgan fingerprint density at radius 3 is 2.76 bits per heavy atom. The van der Waals surface area contributed by atoms with Crippen LogP contribution in [0.1, 0.15) is 19.4 Å². The number of rotatable bonds is 7. The molecule has 0 aliphatic heterocycles. The molecule has 0 aliphatic carbocycles. The summed E-state index contributed by atoms with van der Waals surface area (Å²) < 4.78 is 0. The van der Waals surface area contributed by atoms with E-state index in [-0.39, 0.29) is 11.8 Å². The van der Waals surface area contributed by atoms with Gasteiger partial charge in [0.05, 0.1) is 16.4 Å². The van der Waals surface area contributed by atoms with E-state index in [2.05, 4.69) is 37.1 Å². The molecule has 0 bridgehead atoms. The van der Waals surface area contributed by atoms with Gasteiger partial charge in [-0.1, -0.05) is 56.3 Å². The normalized spacial score (nSPS) is 12.2. The molecule has 190 valence electrons. The molecule has 0 atom stereocenters. The van der Waals surface area contributed by atoms with Gasteiger partial charge >= 0.3 is 0 Å². The number of carbonyl (C=O) groups is 1. The minimum Gasteiger partial charge on any atom is -0.337 e. The molecule has 0 unspecified atom stereocenters. The molecule has 0 spiro atoms. The number of para-hydroxylation sites is 1. The van der Waals surface area contributed by atoms with Gasteiger partial charge < -0.3 is 10.3 Å². The van der Waals surface area contributed by atoms with Crippen molar-refractivity contribution in [1.82, 2.24) is 30.5 Å². The molecule has 5 rings (SSSR count). The number of amides is 1. The molecule has 0 saturated carbocycles. The van der Waals surface area contributed by atoms with E-state index in [4.69, 9.17) is 16.6 Å². The molecule has 9 heteroatoms. The Labute approximate surface area is 224 Å². The Balaban J connectivity index is 1.57. The maximum absolute atomic E-state index is 12.1. The van der Waals surface area contributed by atoms with Gasteiger partial charge in [0.15, 0.2) is 11.5 Å². The minimum atomic E-state index is -0.154. The van der Waals surface area contributed by atoms with Crippen LogP contribution in [0.2, 0.25) is 5.02 Å². The Bertz CT molecular complexity index is 1740. The smallest absolute Gasteiger partial charge is 0.226 e. The van der Waals surface area contributed by atoms with Gasteiger partial charge in [-0.05, 0) is 35.9 Å². The molecular formula is C29H26ClN7O. The molecule has 0 saturated heterocycles. The summed E-state index contributed by atoms with van der Waals surface area (Å²) in [4.78, 5) is 29.1. The second-order valence-electron chi connectivity index (χ2n) is 9.15. The third kappa shape index (κ3) is 4.99. The van der Waals surface area contributed by atoms with Crippen molar-refractivity contribution in [3.8, 4) is 22.6 Å². The Morgan fingerprint density at radius 1 is 1.18 bits per heavy atom. The number of carbonyl (C=O) groups excluding carboxylic acids is 1. The monoisotopic (exact) mass is 523 g/mol. The molecule has 5 aromatic rings. The van der Waals surface area contributed by atoms with Crippen LogP contribution < -0.4 is 5.32 Å². The van der Waals surface area contributed by atoms with Crippen molar-refractivity contribution in [3.63, 3.8) is 0 Å². The lowest BCUT2D eigenvalue weighted by molar-refractivity contribution is -0.123. The Morgan fingerprint density at radius 2 is 2.00 bits per heavy atom. The summed E-state index contributed by atoms with van der Waals surface area (Å²) in [6.07, 6.45) is 5.19. The second-order valence-corrected chi connectivity index (χ2v) is 9.58. The molecule has 3 N–H and O–H groups in total. The molecule has 3 heterocycles. The van der Waals surface area contributed by atoms with Crippen molar-refractivity contribution in [2.75, 3.05) is 7.05 Å². The highest BCUT2D eigenvalue weighted by molar-refractivity contribution is 6.30. The number of allylic oxidation sites excluding steroid dienone is 2. The summed E-state index contributed by atoms with van der Waals surface area (Å²) in [6.45, 7) is 7.63. The lowest BCUT2D eigenvalue weighted by Crippen LogP contribution is -2.26. The third-order valence-electron chi connectivity index (χ3n) is 6.03. The third-order valence-corrected chi connectivity index (χ3v) is 6.27. The van der Waals surface area contributed by atoms with Crippen LogP contribution in [0.25, 0.3) is 50.3 Å². The van der Waals surface area contributed by atoms with E-state index in [1.165, 1.54) is 0 Å². The molecular weight excluding hydrogens is 498 g/mol. The molecule has 0 aliphatic rings. The highest BCUT2D eigenvalue weighted by Crippen LogP contribution is 2.32. The summed E-state index contributed by atoms with van der Waals surface area (Å²) in [5.41, 5.74) is 6.95. The fraction of sp³-hybridized carbons (Fsp3) is 0.138. The maximum atomic E-state index is 12.1. The predicted molar refractivity (Wildman–Crippen MR) is 154 cm³/mol. The predicted octanol–water partition coefficient (Wildman–Crippen LogP) is 6.19. The lowest BCUT2D eigenvalue weighted by atomic mass is 10.0. The van der Waals surface area contributed by atoms with Crippen LogP contribution in [-0.4, -0.2) is 44.3 Å². The number of imidazole rings is 1. The van der Waals surface area contributed by atoms with Crippen LogP contribution in [0.4, 0.5) is 0 Å². The van der Waals surface area contributed by atoms with Crippen LogP contribution in [0.5, 0.6) is 0 Å². The zero-order chi connectivity index (χ0) is 26.8. The Hall–Kier alpha value is -4.56. The van der Waals surface area contributed by atoms with E-state index < -0.39 is 0 Å². The van der Waals surface area contributed by atoms with Gasteiger partial charge in [0.2, 0.25) is 5.91 Å². The van der Waals surface area contributed by atoms with E-state index in [0.717, 1.165) is 38.7 Å². The van der Waals surface area contributed by atoms with E-state index in [0.29, 0.717) is 27.9 Å². The number of halogens is 1. The number of hydrogen-bond acceptors (Lipinski definition) is 5. The number of benzene rings is 2. The van der Waals surface area contributed by atoms with Gasteiger partial charge in [0.1, 0.15) is 5.69 Å². The van der Waals surface area contributed by atoms with Gasteiger partial charge in [0, 0.05) is 52.8 Å².